The number of aromatic nitrogens is 5. The van der Waals surface area contributed by atoms with Crippen LogP contribution in [0.4, 0.5) is 26.0 Å². The minimum absolute atomic E-state index is 0.0457. The Morgan fingerprint density at radius 1 is 0.967 bits per heavy atom. The Morgan fingerprint density at radius 2 is 1.72 bits per heavy atom. The van der Waals surface area contributed by atoms with Crippen LogP contribution in [0.25, 0.3) is 22.2 Å². The van der Waals surface area contributed by atoms with Gasteiger partial charge in [0.05, 0.1) is 34.4 Å². The van der Waals surface area contributed by atoms with Gasteiger partial charge in [0.25, 0.3) is 12.3 Å². The third-order valence-electron chi connectivity index (χ3n) is 13.6. The third kappa shape index (κ3) is 7.51. The molecule has 3 aromatic heterocycles. The van der Waals surface area contributed by atoms with Gasteiger partial charge in [-0.05, 0) is 118 Å². The summed E-state index contributed by atoms with van der Waals surface area (Å²) in [5, 5.41) is 6.63. The van der Waals surface area contributed by atoms with Crippen molar-refractivity contribution >= 4 is 51.7 Å². The zero-order valence-corrected chi connectivity index (χ0v) is 35.0. The highest BCUT2D eigenvalue weighted by atomic mass is 35.5. The van der Waals surface area contributed by atoms with Crippen molar-refractivity contribution in [3.05, 3.63) is 87.8 Å². The molecule has 4 aliphatic rings. The normalized spacial score (nSPS) is 21.5. The molecule has 2 bridgehead atoms. The van der Waals surface area contributed by atoms with Gasteiger partial charge in [-0.2, -0.15) is 0 Å². The molecule has 2 N–H and O–H groups in total. The quantitative estimate of drug-likeness (QED) is 0.118. The number of hydrogen-bond donors (Lipinski definition) is 2. The number of nitrogens with zero attached hydrogens (tertiary/aromatic N) is 7. The zero-order valence-electron chi connectivity index (χ0n) is 34.3. The van der Waals surface area contributed by atoms with Gasteiger partial charge in [0, 0.05) is 56.2 Å². The SMILES string of the molecule is COC(=O)C12CCC(CCN3CCc4c(nc(C(=O)Nc5cccc(-c6cccc(Nc7nc(C(F)F)nc8cc(CN9CCCC9)cnc78)c6C)c5Cl)n4C)C3)(CC1)C2. The molecule has 314 valence electrons. The van der Waals surface area contributed by atoms with Crippen molar-refractivity contribution in [2.24, 2.45) is 17.9 Å². The van der Waals surface area contributed by atoms with E-state index in [1.165, 1.54) is 7.11 Å². The van der Waals surface area contributed by atoms with E-state index in [0.717, 1.165) is 112 Å². The van der Waals surface area contributed by atoms with Crippen LogP contribution in [0.15, 0.2) is 48.7 Å². The van der Waals surface area contributed by atoms with Gasteiger partial charge in [-0.25, -0.2) is 23.7 Å². The number of benzene rings is 2. The standard InChI is InChI=1S/C45H50ClF2N9O3/c1-27-29(8-6-10-31(27)50-39-37-33(51-40(54-39)38(47)48)22-28(23-49-37)24-56-18-4-5-19-56)30-9-7-11-32(36(30)46)53-42(58)41-52-34-25-57(20-12-35(34)55(41)2)21-17-44-13-15-45(26-44,16-14-44)43(59)60-3/h6-11,22-23,38H,4-5,12-21,24-26H2,1-3H3,(H,53,58)(H,50,51,54). The Bertz CT molecular complexity index is 2480. The summed E-state index contributed by atoms with van der Waals surface area (Å²) in [4.78, 5) is 49.0. The van der Waals surface area contributed by atoms with Crippen LogP contribution in [0.5, 0.6) is 0 Å². The van der Waals surface area contributed by atoms with Gasteiger partial charge in [0.15, 0.2) is 17.5 Å². The average molecular weight is 838 g/mol. The first-order chi connectivity index (χ1) is 28.9. The Balaban J connectivity index is 0.902. The predicted octanol–water partition coefficient (Wildman–Crippen LogP) is 8.79. The number of carbonyl (C=O) groups excluding carboxylic acids is 2. The maximum Gasteiger partial charge on any atom is 0.311 e. The molecule has 9 rings (SSSR count). The Morgan fingerprint density at radius 3 is 2.47 bits per heavy atom. The number of imidazole rings is 1. The van der Waals surface area contributed by atoms with E-state index in [2.05, 4.69) is 35.4 Å². The highest BCUT2D eigenvalue weighted by molar-refractivity contribution is 6.36. The number of esters is 1. The van der Waals surface area contributed by atoms with Crippen LogP contribution in [-0.2, 0) is 36.1 Å². The Hall–Kier alpha value is -5.05. The number of amides is 1. The molecule has 0 radical (unpaired) electrons. The number of nitrogens with one attached hydrogen (secondary N) is 2. The van der Waals surface area contributed by atoms with E-state index < -0.39 is 12.2 Å². The molecule has 2 saturated carbocycles. The summed E-state index contributed by atoms with van der Waals surface area (Å²) in [5.41, 5.74) is 6.87. The lowest BCUT2D eigenvalue weighted by atomic mass is 9.80. The van der Waals surface area contributed by atoms with Gasteiger partial charge in [-0.15, -0.1) is 0 Å². The molecule has 2 aliphatic carbocycles. The van der Waals surface area contributed by atoms with Crippen LogP contribution in [0, 0.1) is 17.8 Å². The number of likely N-dealkylation sites (tertiary alicyclic amines) is 1. The van der Waals surface area contributed by atoms with Crippen LogP contribution < -0.4 is 10.6 Å². The number of alkyl halides is 2. The first-order valence-electron chi connectivity index (χ1n) is 20.9. The fourth-order valence-corrected chi connectivity index (χ4v) is 10.6. The van der Waals surface area contributed by atoms with E-state index in [9.17, 15) is 18.4 Å². The summed E-state index contributed by atoms with van der Waals surface area (Å²) in [6.45, 7) is 7.08. The lowest BCUT2D eigenvalue weighted by Gasteiger charge is -2.32. The number of pyridine rings is 1. The number of rotatable bonds is 12. The number of halogens is 3. The minimum Gasteiger partial charge on any atom is -0.469 e. The highest BCUT2D eigenvalue weighted by Gasteiger charge is 2.58. The number of hydrogen-bond acceptors (Lipinski definition) is 10. The topological polar surface area (TPSA) is 130 Å². The fourth-order valence-electron chi connectivity index (χ4n) is 10.3. The summed E-state index contributed by atoms with van der Waals surface area (Å²) in [7, 11) is 3.38. The summed E-state index contributed by atoms with van der Waals surface area (Å²) >= 11 is 7.07. The molecule has 1 saturated heterocycles. The lowest BCUT2D eigenvalue weighted by molar-refractivity contribution is -0.152. The van der Waals surface area contributed by atoms with Crippen LogP contribution in [0.1, 0.15) is 96.8 Å². The summed E-state index contributed by atoms with van der Waals surface area (Å²) in [6, 6.07) is 12.9. The second-order valence-corrected chi connectivity index (χ2v) is 17.6. The van der Waals surface area contributed by atoms with Crippen molar-refractivity contribution in [2.75, 3.05) is 43.9 Å². The molecule has 15 heteroatoms. The van der Waals surface area contributed by atoms with Gasteiger partial charge in [0.2, 0.25) is 0 Å². The summed E-state index contributed by atoms with van der Waals surface area (Å²) < 4.78 is 35.2. The molecule has 5 heterocycles. The number of carbonyl (C=O) groups is 2. The van der Waals surface area contributed by atoms with Crippen LogP contribution >= 0.6 is 11.6 Å². The Labute approximate surface area is 353 Å². The molecular formula is C45H50ClF2N9O3. The van der Waals surface area contributed by atoms with Gasteiger partial charge < -0.3 is 19.9 Å². The molecule has 12 nitrogen and oxygen atoms in total. The maximum atomic E-state index is 14.1. The third-order valence-corrected chi connectivity index (χ3v) is 14.0. The van der Waals surface area contributed by atoms with E-state index in [4.69, 9.17) is 21.3 Å². The second kappa shape index (κ2) is 16.1. The fraction of sp³-hybridized carbons (Fsp3) is 0.467. The number of anilines is 3. The molecule has 60 heavy (non-hydrogen) atoms. The second-order valence-electron chi connectivity index (χ2n) is 17.3. The monoisotopic (exact) mass is 837 g/mol. The molecule has 0 unspecified atom stereocenters. The van der Waals surface area contributed by atoms with Crippen molar-refractivity contribution in [2.45, 2.75) is 84.2 Å². The highest BCUT2D eigenvalue weighted by Crippen LogP contribution is 2.63. The van der Waals surface area contributed by atoms with Crippen molar-refractivity contribution in [1.82, 2.24) is 34.3 Å². The van der Waals surface area contributed by atoms with E-state index in [-0.39, 0.29) is 28.5 Å². The van der Waals surface area contributed by atoms with Gasteiger partial charge in [-0.3, -0.25) is 24.4 Å². The molecule has 2 aromatic carbocycles. The van der Waals surface area contributed by atoms with Gasteiger partial charge >= 0.3 is 5.97 Å². The van der Waals surface area contributed by atoms with Crippen molar-refractivity contribution in [1.29, 1.82) is 0 Å². The first kappa shape index (κ1) is 40.4. The molecular weight excluding hydrogens is 788 g/mol. The predicted molar refractivity (Wildman–Crippen MR) is 226 cm³/mol. The van der Waals surface area contributed by atoms with E-state index in [1.54, 1.807) is 12.3 Å². The molecule has 5 aromatic rings. The van der Waals surface area contributed by atoms with Crippen LogP contribution in [0.2, 0.25) is 5.02 Å². The molecule has 1 amide bonds. The van der Waals surface area contributed by atoms with E-state index in [1.807, 2.05) is 54.9 Å². The zero-order chi connectivity index (χ0) is 41.8. The number of methoxy groups -OCH3 is 1. The van der Waals surface area contributed by atoms with Gasteiger partial charge in [0.1, 0.15) is 5.52 Å². The average Bonchev–Trinajstić information content (AvgIpc) is 4.06. The van der Waals surface area contributed by atoms with E-state index in [0.29, 0.717) is 51.9 Å². The van der Waals surface area contributed by atoms with Crippen molar-refractivity contribution < 1.29 is 23.1 Å². The molecule has 3 fully saturated rings. The number of ether oxygens (including phenoxy) is 1. The molecule has 2 aliphatic heterocycles. The van der Waals surface area contributed by atoms with Crippen molar-refractivity contribution in [3.63, 3.8) is 0 Å². The van der Waals surface area contributed by atoms with Crippen molar-refractivity contribution in [3.8, 4) is 11.1 Å². The smallest absolute Gasteiger partial charge is 0.311 e. The largest absolute Gasteiger partial charge is 0.469 e. The minimum atomic E-state index is -2.86. The number of fused-ring (bicyclic) bond motifs is 4. The molecule has 0 spiro atoms. The molecule has 0 atom stereocenters. The van der Waals surface area contributed by atoms with Crippen LogP contribution in [-0.4, -0.2) is 79.5 Å². The first-order valence-corrected chi connectivity index (χ1v) is 21.3. The summed E-state index contributed by atoms with van der Waals surface area (Å²) in [6.07, 6.45) is 7.93. The Kier molecular flexibility index (Phi) is 10.8. The lowest BCUT2D eigenvalue weighted by Crippen LogP contribution is -2.34. The maximum absolute atomic E-state index is 14.1. The van der Waals surface area contributed by atoms with E-state index >= 15 is 0 Å². The van der Waals surface area contributed by atoms with Crippen LogP contribution in [0.3, 0.4) is 0 Å². The van der Waals surface area contributed by atoms with Gasteiger partial charge in [-0.1, -0.05) is 35.9 Å². The summed E-state index contributed by atoms with van der Waals surface area (Å²) in [5.74, 6) is -0.476.